The van der Waals surface area contributed by atoms with Gasteiger partial charge in [-0.1, -0.05) is 6.42 Å². The van der Waals surface area contributed by atoms with Crippen molar-refractivity contribution in [3.8, 4) is 0 Å². The van der Waals surface area contributed by atoms with Crippen molar-refractivity contribution in [2.24, 2.45) is 5.92 Å². The molecule has 2 saturated carbocycles. The van der Waals surface area contributed by atoms with Crippen molar-refractivity contribution in [3.63, 3.8) is 0 Å². The highest BCUT2D eigenvalue weighted by Crippen LogP contribution is 2.29. The van der Waals surface area contributed by atoms with Gasteiger partial charge in [0.2, 0.25) is 0 Å². The van der Waals surface area contributed by atoms with Gasteiger partial charge in [0.15, 0.2) is 0 Å². The van der Waals surface area contributed by atoms with E-state index in [4.69, 9.17) is 4.74 Å². The van der Waals surface area contributed by atoms with Crippen molar-refractivity contribution in [2.75, 3.05) is 6.61 Å². The zero-order valence-corrected chi connectivity index (χ0v) is 7.54. The maximum Gasteiger partial charge on any atom is 0.0834 e. The fraction of sp³-hybridized carbons (Fsp3) is 1.00. The molecule has 2 heteroatoms. The topological polar surface area (TPSA) is 29.5 Å². The molecule has 0 bridgehead atoms. The van der Waals surface area contributed by atoms with Gasteiger partial charge in [0.1, 0.15) is 0 Å². The SMILES string of the molecule is O[C@@H]1CCC[C@H]1OCC1CCC1. The molecule has 0 amide bonds. The van der Waals surface area contributed by atoms with Crippen LogP contribution in [0.1, 0.15) is 38.5 Å². The van der Waals surface area contributed by atoms with Gasteiger partial charge in [0, 0.05) is 6.61 Å². The molecule has 0 spiro atoms. The summed E-state index contributed by atoms with van der Waals surface area (Å²) in [6, 6.07) is 0. The number of aliphatic hydroxyl groups is 1. The molecule has 2 aliphatic carbocycles. The Balaban J connectivity index is 1.64. The van der Waals surface area contributed by atoms with Crippen molar-refractivity contribution >= 4 is 0 Å². The molecule has 12 heavy (non-hydrogen) atoms. The van der Waals surface area contributed by atoms with Gasteiger partial charge in [-0.3, -0.25) is 0 Å². The van der Waals surface area contributed by atoms with Gasteiger partial charge < -0.3 is 9.84 Å². The third kappa shape index (κ3) is 1.80. The summed E-state index contributed by atoms with van der Waals surface area (Å²) in [4.78, 5) is 0. The largest absolute Gasteiger partial charge is 0.390 e. The van der Waals surface area contributed by atoms with Gasteiger partial charge in [0.25, 0.3) is 0 Å². The second-order valence-electron chi connectivity index (χ2n) is 4.17. The van der Waals surface area contributed by atoms with Crippen LogP contribution in [0.3, 0.4) is 0 Å². The fourth-order valence-corrected chi connectivity index (χ4v) is 2.02. The third-order valence-electron chi connectivity index (χ3n) is 3.19. The lowest BCUT2D eigenvalue weighted by atomic mass is 9.86. The highest BCUT2D eigenvalue weighted by molar-refractivity contribution is 4.78. The molecule has 0 radical (unpaired) electrons. The Bertz CT molecular complexity index is 143. The summed E-state index contributed by atoms with van der Waals surface area (Å²) >= 11 is 0. The molecule has 0 aromatic rings. The number of hydrogen-bond acceptors (Lipinski definition) is 2. The Morgan fingerprint density at radius 1 is 1.08 bits per heavy atom. The zero-order chi connectivity index (χ0) is 8.39. The first-order chi connectivity index (χ1) is 5.86. The first kappa shape index (κ1) is 8.52. The van der Waals surface area contributed by atoms with Crippen LogP contribution in [0.4, 0.5) is 0 Å². The van der Waals surface area contributed by atoms with E-state index in [1.807, 2.05) is 0 Å². The van der Waals surface area contributed by atoms with Crippen LogP contribution in [0.25, 0.3) is 0 Å². The molecule has 1 N–H and O–H groups in total. The average Bonchev–Trinajstić information content (AvgIpc) is 2.33. The van der Waals surface area contributed by atoms with E-state index in [1.165, 1.54) is 19.3 Å². The molecular formula is C10H18O2. The lowest BCUT2D eigenvalue weighted by molar-refractivity contribution is -0.0420. The molecule has 0 aromatic heterocycles. The predicted octanol–water partition coefficient (Wildman–Crippen LogP) is 1.72. The van der Waals surface area contributed by atoms with E-state index >= 15 is 0 Å². The number of rotatable bonds is 3. The van der Waals surface area contributed by atoms with Crippen LogP contribution in [0.2, 0.25) is 0 Å². The van der Waals surface area contributed by atoms with Gasteiger partial charge >= 0.3 is 0 Å². The summed E-state index contributed by atoms with van der Waals surface area (Å²) in [5, 5.41) is 9.47. The highest BCUT2D eigenvalue weighted by Gasteiger charge is 2.27. The summed E-state index contributed by atoms with van der Waals surface area (Å²) in [6.07, 6.45) is 7.17. The van der Waals surface area contributed by atoms with Crippen molar-refractivity contribution in [1.82, 2.24) is 0 Å². The predicted molar refractivity (Wildman–Crippen MR) is 46.9 cm³/mol. The van der Waals surface area contributed by atoms with Crippen LogP contribution in [0.15, 0.2) is 0 Å². The molecular weight excluding hydrogens is 152 g/mol. The zero-order valence-electron chi connectivity index (χ0n) is 7.54. The van der Waals surface area contributed by atoms with Crippen LogP contribution < -0.4 is 0 Å². The van der Waals surface area contributed by atoms with Crippen molar-refractivity contribution in [2.45, 2.75) is 50.7 Å². The van der Waals surface area contributed by atoms with Gasteiger partial charge in [0.05, 0.1) is 12.2 Å². The number of ether oxygens (including phenoxy) is 1. The Kier molecular flexibility index (Phi) is 2.66. The second kappa shape index (κ2) is 3.75. The number of aliphatic hydroxyl groups excluding tert-OH is 1. The average molecular weight is 170 g/mol. The summed E-state index contributed by atoms with van der Waals surface area (Å²) in [7, 11) is 0. The second-order valence-corrected chi connectivity index (χ2v) is 4.17. The summed E-state index contributed by atoms with van der Waals surface area (Å²) in [5.74, 6) is 0.804. The van der Waals surface area contributed by atoms with Crippen molar-refractivity contribution in [3.05, 3.63) is 0 Å². The van der Waals surface area contributed by atoms with Crippen LogP contribution in [0.5, 0.6) is 0 Å². The molecule has 70 valence electrons. The van der Waals surface area contributed by atoms with Crippen LogP contribution in [-0.4, -0.2) is 23.9 Å². The molecule has 2 atom stereocenters. The molecule has 0 heterocycles. The van der Waals surface area contributed by atoms with Gasteiger partial charge in [-0.2, -0.15) is 0 Å². The molecule has 2 fully saturated rings. The van der Waals surface area contributed by atoms with E-state index in [2.05, 4.69) is 0 Å². The minimum Gasteiger partial charge on any atom is -0.390 e. The third-order valence-corrected chi connectivity index (χ3v) is 3.19. The molecule has 2 nitrogen and oxygen atoms in total. The normalized spacial score (nSPS) is 36.8. The van der Waals surface area contributed by atoms with Crippen LogP contribution in [-0.2, 0) is 4.74 Å². The van der Waals surface area contributed by atoms with E-state index in [9.17, 15) is 5.11 Å². The van der Waals surface area contributed by atoms with Crippen molar-refractivity contribution < 1.29 is 9.84 Å². The first-order valence-corrected chi connectivity index (χ1v) is 5.16. The van der Waals surface area contributed by atoms with Crippen LogP contribution in [0, 0.1) is 5.92 Å². The van der Waals surface area contributed by atoms with Gasteiger partial charge in [-0.25, -0.2) is 0 Å². The Hall–Kier alpha value is -0.0800. The Morgan fingerprint density at radius 3 is 2.33 bits per heavy atom. The summed E-state index contributed by atoms with van der Waals surface area (Å²) in [5.41, 5.74) is 0. The van der Waals surface area contributed by atoms with Crippen LogP contribution >= 0.6 is 0 Å². The molecule has 0 unspecified atom stereocenters. The van der Waals surface area contributed by atoms with Gasteiger partial charge in [-0.05, 0) is 38.0 Å². The van der Waals surface area contributed by atoms with E-state index in [0.717, 1.165) is 31.8 Å². The quantitative estimate of drug-likeness (QED) is 0.698. The first-order valence-electron chi connectivity index (χ1n) is 5.16. The summed E-state index contributed by atoms with van der Waals surface area (Å²) < 4.78 is 5.67. The minimum absolute atomic E-state index is 0.158. The fourth-order valence-electron chi connectivity index (χ4n) is 2.02. The lowest BCUT2D eigenvalue weighted by Crippen LogP contribution is -2.27. The molecule has 0 aromatic carbocycles. The minimum atomic E-state index is -0.176. The van der Waals surface area contributed by atoms with E-state index in [0.29, 0.717) is 0 Å². The Morgan fingerprint density at radius 2 is 1.83 bits per heavy atom. The van der Waals surface area contributed by atoms with Crippen molar-refractivity contribution in [1.29, 1.82) is 0 Å². The van der Waals surface area contributed by atoms with E-state index in [-0.39, 0.29) is 12.2 Å². The summed E-state index contributed by atoms with van der Waals surface area (Å²) in [6.45, 7) is 0.891. The molecule has 2 aliphatic rings. The van der Waals surface area contributed by atoms with E-state index < -0.39 is 0 Å². The Labute approximate surface area is 73.9 Å². The maximum atomic E-state index is 9.47. The standard InChI is InChI=1S/C10H18O2/c11-9-5-2-6-10(9)12-7-8-3-1-4-8/h8-11H,1-7H2/t9-,10-/m1/s1. The molecule has 0 saturated heterocycles. The maximum absolute atomic E-state index is 9.47. The highest BCUT2D eigenvalue weighted by atomic mass is 16.5. The smallest absolute Gasteiger partial charge is 0.0834 e. The molecule has 0 aliphatic heterocycles. The van der Waals surface area contributed by atoms with E-state index in [1.54, 1.807) is 0 Å². The lowest BCUT2D eigenvalue weighted by Gasteiger charge is -2.27. The monoisotopic (exact) mass is 170 g/mol. The van der Waals surface area contributed by atoms with Gasteiger partial charge in [-0.15, -0.1) is 0 Å². The molecule has 2 rings (SSSR count). The number of hydrogen-bond donors (Lipinski definition) is 1.